The van der Waals surface area contributed by atoms with Gasteiger partial charge in [-0.3, -0.25) is 9.89 Å². The Morgan fingerprint density at radius 2 is 1.70 bits per heavy atom. The van der Waals surface area contributed by atoms with Crippen LogP contribution in [0, 0.1) is 5.92 Å². The number of aromatic nitrogens is 1. The Labute approximate surface area is 163 Å². The van der Waals surface area contributed by atoms with Gasteiger partial charge in [0.15, 0.2) is 5.96 Å². The minimum atomic E-state index is 0.782. The third kappa shape index (κ3) is 6.43. The molecular formula is C22H33N5. The highest BCUT2D eigenvalue weighted by atomic mass is 15.2. The maximum Gasteiger partial charge on any atom is 0.191 e. The number of rotatable bonds is 7. The molecule has 1 aromatic heterocycles. The normalized spacial score (nSPS) is 16.4. The van der Waals surface area contributed by atoms with Crippen molar-refractivity contribution in [1.82, 2.24) is 20.1 Å². The summed E-state index contributed by atoms with van der Waals surface area (Å²) >= 11 is 0. The molecule has 5 heteroatoms. The molecule has 0 aliphatic carbocycles. The third-order valence-electron chi connectivity index (χ3n) is 5.32. The van der Waals surface area contributed by atoms with E-state index in [2.05, 4.69) is 68.7 Å². The number of likely N-dealkylation sites (tertiary alicyclic amines) is 1. The van der Waals surface area contributed by atoms with Gasteiger partial charge in [0.2, 0.25) is 0 Å². The van der Waals surface area contributed by atoms with E-state index in [1.165, 1.54) is 37.1 Å². The maximum atomic E-state index is 4.30. The first-order valence-electron chi connectivity index (χ1n) is 10.1. The zero-order valence-electron chi connectivity index (χ0n) is 16.7. The first kappa shape index (κ1) is 19.5. The fourth-order valence-electron chi connectivity index (χ4n) is 3.47. The molecule has 0 atom stereocenters. The molecule has 1 aromatic carbocycles. The molecule has 1 aliphatic heterocycles. The minimum Gasteiger partial charge on any atom is -0.355 e. The Morgan fingerprint density at radius 3 is 2.37 bits per heavy atom. The van der Waals surface area contributed by atoms with Crippen LogP contribution in [0.2, 0.25) is 0 Å². The maximum absolute atomic E-state index is 4.30. The smallest absolute Gasteiger partial charge is 0.191 e. The first-order valence-corrected chi connectivity index (χ1v) is 10.1. The van der Waals surface area contributed by atoms with Crippen molar-refractivity contribution in [2.45, 2.75) is 39.4 Å². The summed E-state index contributed by atoms with van der Waals surface area (Å²) in [4.78, 5) is 6.87. The predicted molar refractivity (Wildman–Crippen MR) is 113 cm³/mol. The van der Waals surface area contributed by atoms with Gasteiger partial charge in [-0.1, -0.05) is 31.2 Å². The van der Waals surface area contributed by atoms with Crippen LogP contribution in [0.25, 0.3) is 0 Å². The van der Waals surface area contributed by atoms with Crippen LogP contribution in [0.1, 0.15) is 30.9 Å². The van der Waals surface area contributed by atoms with Gasteiger partial charge in [0.05, 0.1) is 0 Å². The van der Waals surface area contributed by atoms with Crippen molar-refractivity contribution in [3.63, 3.8) is 0 Å². The zero-order valence-corrected chi connectivity index (χ0v) is 16.7. The van der Waals surface area contributed by atoms with E-state index in [-0.39, 0.29) is 0 Å². The van der Waals surface area contributed by atoms with Crippen LogP contribution in [-0.2, 0) is 19.6 Å². The van der Waals surface area contributed by atoms with E-state index >= 15 is 0 Å². The Kier molecular flexibility index (Phi) is 7.34. The molecule has 1 aliphatic rings. The van der Waals surface area contributed by atoms with Gasteiger partial charge >= 0.3 is 0 Å². The van der Waals surface area contributed by atoms with Crippen LogP contribution < -0.4 is 10.6 Å². The second kappa shape index (κ2) is 10.2. The molecule has 0 saturated carbocycles. The molecule has 146 valence electrons. The molecule has 0 amide bonds. The van der Waals surface area contributed by atoms with E-state index in [0.29, 0.717) is 0 Å². The highest BCUT2D eigenvalue weighted by Gasteiger charge is 2.15. The van der Waals surface area contributed by atoms with Gasteiger partial charge in [-0.25, -0.2) is 0 Å². The molecule has 0 radical (unpaired) electrons. The van der Waals surface area contributed by atoms with Crippen molar-refractivity contribution < 1.29 is 0 Å². The Balaban J connectivity index is 1.39. The second-order valence-corrected chi connectivity index (χ2v) is 7.55. The lowest BCUT2D eigenvalue weighted by Gasteiger charge is -2.30. The van der Waals surface area contributed by atoms with Gasteiger partial charge < -0.3 is 15.2 Å². The highest BCUT2D eigenvalue weighted by Crippen LogP contribution is 2.18. The largest absolute Gasteiger partial charge is 0.355 e. The quantitative estimate of drug-likeness (QED) is 0.584. The fraction of sp³-hybridized carbons (Fsp3) is 0.500. The van der Waals surface area contributed by atoms with Gasteiger partial charge in [0.1, 0.15) is 0 Å². The molecule has 2 heterocycles. The molecule has 5 nitrogen and oxygen atoms in total. The lowest BCUT2D eigenvalue weighted by atomic mass is 9.99. The standard InChI is InChI=1S/C22H33N5/c1-19-9-14-27(15-10-19)18-21-7-5-20(6-8-21)17-25-22(23-2)24-11-16-26-12-3-4-13-26/h3-8,12-13,19H,9-11,14-18H2,1-2H3,(H2,23,24,25). The number of hydrogen-bond donors (Lipinski definition) is 2. The molecule has 1 fully saturated rings. The summed E-state index contributed by atoms with van der Waals surface area (Å²) < 4.78 is 2.15. The Hall–Kier alpha value is -2.27. The molecule has 0 unspecified atom stereocenters. The van der Waals surface area contributed by atoms with E-state index in [1.54, 1.807) is 0 Å². The summed E-state index contributed by atoms with van der Waals surface area (Å²) in [5.41, 5.74) is 2.68. The summed E-state index contributed by atoms with van der Waals surface area (Å²) in [6, 6.07) is 13.1. The second-order valence-electron chi connectivity index (χ2n) is 7.55. The number of nitrogens with one attached hydrogen (secondary N) is 2. The van der Waals surface area contributed by atoms with Gasteiger partial charge in [-0.2, -0.15) is 0 Å². The molecule has 27 heavy (non-hydrogen) atoms. The van der Waals surface area contributed by atoms with Crippen molar-refractivity contribution in [2.75, 3.05) is 26.7 Å². The van der Waals surface area contributed by atoms with E-state index in [4.69, 9.17) is 0 Å². The molecule has 2 N–H and O–H groups in total. The third-order valence-corrected chi connectivity index (χ3v) is 5.32. The number of guanidine groups is 1. The Morgan fingerprint density at radius 1 is 1.04 bits per heavy atom. The summed E-state index contributed by atoms with van der Waals surface area (Å²) in [5, 5.41) is 6.75. The van der Waals surface area contributed by atoms with E-state index in [0.717, 1.165) is 38.1 Å². The topological polar surface area (TPSA) is 44.6 Å². The van der Waals surface area contributed by atoms with E-state index in [1.807, 2.05) is 19.2 Å². The summed E-state index contributed by atoms with van der Waals surface area (Å²) in [5.74, 6) is 1.73. The molecule has 3 rings (SSSR count). The molecule has 1 saturated heterocycles. The van der Waals surface area contributed by atoms with Crippen molar-refractivity contribution in [2.24, 2.45) is 10.9 Å². The average molecular weight is 368 g/mol. The average Bonchev–Trinajstić information content (AvgIpc) is 3.21. The SMILES string of the molecule is CN=C(NCCn1cccc1)NCc1ccc(CN2CCC(C)CC2)cc1. The summed E-state index contributed by atoms with van der Waals surface area (Å²) in [6.45, 7) is 8.46. The van der Waals surface area contributed by atoms with Gasteiger partial charge in [0.25, 0.3) is 0 Å². The molecule has 0 spiro atoms. The summed E-state index contributed by atoms with van der Waals surface area (Å²) in [7, 11) is 1.81. The van der Waals surface area contributed by atoms with E-state index < -0.39 is 0 Å². The summed E-state index contributed by atoms with van der Waals surface area (Å²) in [6.07, 6.45) is 6.81. The van der Waals surface area contributed by atoms with Crippen LogP contribution >= 0.6 is 0 Å². The number of nitrogens with zero attached hydrogens (tertiary/aromatic N) is 3. The number of piperidine rings is 1. The van der Waals surface area contributed by atoms with Crippen molar-refractivity contribution in [3.8, 4) is 0 Å². The van der Waals surface area contributed by atoms with Crippen LogP contribution in [0.5, 0.6) is 0 Å². The number of aliphatic imine (C=N–C) groups is 1. The lowest BCUT2D eigenvalue weighted by molar-refractivity contribution is 0.185. The first-order chi connectivity index (χ1) is 13.2. The van der Waals surface area contributed by atoms with Crippen molar-refractivity contribution in [1.29, 1.82) is 0 Å². The molecule has 0 bridgehead atoms. The molecule has 2 aromatic rings. The van der Waals surface area contributed by atoms with Gasteiger partial charge in [-0.15, -0.1) is 0 Å². The fourth-order valence-corrected chi connectivity index (χ4v) is 3.47. The number of benzene rings is 1. The van der Waals surface area contributed by atoms with Crippen LogP contribution in [0.3, 0.4) is 0 Å². The minimum absolute atomic E-state index is 0.782. The van der Waals surface area contributed by atoms with Crippen LogP contribution in [0.15, 0.2) is 53.8 Å². The van der Waals surface area contributed by atoms with Crippen LogP contribution in [-0.4, -0.2) is 42.1 Å². The van der Waals surface area contributed by atoms with Gasteiger partial charge in [0, 0.05) is 45.6 Å². The van der Waals surface area contributed by atoms with Gasteiger partial charge in [-0.05, 0) is 55.1 Å². The van der Waals surface area contributed by atoms with Crippen LogP contribution in [0.4, 0.5) is 0 Å². The molecular weight excluding hydrogens is 334 g/mol. The predicted octanol–water partition coefficient (Wildman–Crippen LogP) is 3.09. The van der Waals surface area contributed by atoms with Crippen molar-refractivity contribution in [3.05, 3.63) is 59.9 Å². The van der Waals surface area contributed by atoms with Crippen molar-refractivity contribution >= 4 is 5.96 Å². The lowest BCUT2D eigenvalue weighted by Crippen LogP contribution is -2.38. The number of hydrogen-bond acceptors (Lipinski definition) is 2. The zero-order chi connectivity index (χ0) is 18.9. The Bertz CT molecular complexity index is 682. The highest BCUT2D eigenvalue weighted by molar-refractivity contribution is 5.79. The monoisotopic (exact) mass is 367 g/mol. The van der Waals surface area contributed by atoms with E-state index in [9.17, 15) is 0 Å².